The van der Waals surface area contributed by atoms with Gasteiger partial charge in [-0.25, -0.2) is 0 Å². The van der Waals surface area contributed by atoms with Crippen LogP contribution in [0.15, 0.2) is 17.5 Å². The molecule has 1 heterocycles. The van der Waals surface area contributed by atoms with E-state index in [1.165, 1.54) is 11.3 Å². The largest absolute Gasteiger partial charge is 0.414 e. The number of hydrogen-bond acceptors (Lipinski definition) is 2. The van der Waals surface area contributed by atoms with Gasteiger partial charge in [0.2, 0.25) is 0 Å². The van der Waals surface area contributed by atoms with Crippen molar-refractivity contribution in [3.8, 4) is 0 Å². The number of thiophene rings is 1. The molecule has 1 atom stereocenters. The summed E-state index contributed by atoms with van der Waals surface area (Å²) in [6.07, 6.45) is -7.10. The molecule has 0 saturated heterocycles. The molecule has 1 nitrogen and oxygen atoms in total. The first kappa shape index (κ1) is 9.54. The molecule has 0 aromatic carbocycles. The van der Waals surface area contributed by atoms with Crippen LogP contribution < -0.4 is 0 Å². The van der Waals surface area contributed by atoms with E-state index in [2.05, 4.69) is 0 Å². The molecule has 5 heteroatoms. The van der Waals surface area contributed by atoms with Crippen molar-refractivity contribution in [3.63, 3.8) is 0 Å². The Hall–Kier alpha value is -0.550. The van der Waals surface area contributed by atoms with Crippen LogP contribution in [0.3, 0.4) is 0 Å². The lowest BCUT2D eigenvalue weighted by Gasteiger charge is -2.12. The second-order valence-electron chi connectivity index (χ2n) is 2.34. The molecule has 0 aliphatic heterocycles. The Balaban J connectivity index is 2.53. The first-order valence-corrected chi connectivity index (χ1v) is 4.15. The van der Waals surface area contributed by atoms with Gasteiger partial charge in [-0.3, -0.25) is 0 Å². The Kier molecular flexibility index (Phi) is 2.74. The topological polar surface area (TPSA) is 20.2 Å². The summed E-state index contributed by atoms with van der Waals surface area (Å²) in [4.78, 5) is 0.542. The third-order valence-electron chi connectivity index (χ3n) is 1.35. The normalized spacial score (nSPS) is 14.7. The fraction of sp³-hybridized carbons (Fsp3) is 0.429. The summed E-state index contributed by atoms with van der Waals surface area (Å²) in [5.41, 5.74) is 0. The number of hydrogen-bond donors (Lipinski definition) is 1. The average molecular weight is 196 g/mol. The Morgan fingerprint density at radius 3 is 2.58 bits per heavy atom. The maximum absolute atomic E-state index is 11.8. The van der Waals surface area contributed by atoms with Crippen molar-refractivity contribution < 1.29 is 18.3 Å². The van der Waals surface area contributed by atoms with Gasteiger partial charge in [-0.1, -0.05) is 6.07 Å². The maximum Gasteiger partial charge on any atom is 0.414 e. The third-order valence-corrected chi connectivity index (χ3v) is 2.25. The van der Waals surface area contributed by atoms with Crippen molar-refractivity contribution in [1.29, 1.82) is 0 Å². The molecule has 0 fully saturated rings. The van der Waals surface area contributed by atoms with E-state index in [0.717, 1.165) is 0 Å². The molecule has 0 saturated carbocycles. The highest BCUT2D eigenvalue weighted by Crippen LogP contribution is 2.24. The van der Waals surface area contributed by atoms with Gasteiger partial charge in [0.25, 0.3) is 0 Å². The zero-order valence-corrected chi connectivity index (χ0v) is 6.82. The first-order chi connectivity index (χ1) is 5.50. The fourth-order valence-corrected chi connectivity index (χ4v) is 1.48. The summed E-state index contributed by atoms with van der Waals surface area (Å²) in [6.45, 7) is 0. The quantitative estimate of drug-likeness (QED) is 0.768. The van der Waals surface area contributed by atoms with Gasteiger partial charge in [-0.2, -0.15) is 13.2 Å². The molecule has 0 aliphatic rings. The summed E-state index contributed by atoms with van der Waals surface area (Å²) >= 11 is 1.21. The van der Waals surface area contributed by atoms with E-state index >= 15 is 0 Å². The molecule has 0 amide bonds. The molecule has 68 valence electrons. The molecule has 0 spiro atoms. The fourth-order valence-electron chi connectivity index (χ4n) is 0.735. The smallest absolute Gasteiger partial charge is 0.383 e. The molecule has 0 radical (unpaired) electrons. The van der Waals surface area contributed by atoms with Crippen LogP contribution in [-0.2, 0) is 6.42 Å². The number of alkyl halides is 3. The highest BCUT2D eigenvalue weighted by molar-refractivity contribution is 7.09. The molecular weight excluding hydrogens is 189 g/mol. The first-order valence-electron chi connectivity index (χ1n) is 3.27. The van der Waals surface area contributed by atoms with E-state index in [1.54, 1.807) is 17.5 Å². The standard InChI is InChI=1S/C7H7F3OS/c8-7(9,10)6(11)4-5-2-1-3-12-5/h1-3,6,11H,4H2. The lowest BCUT2D eigenvalue weighted by molar-refractivity contribution is -0.202. The van der Waals surface area contributed by atoms with E-state index in [1.807, 2.05) is 0 Å². The van der Waals surface area contributed by atoms with Crippen molar-refractivity contribution in [2.75, 3.05) is 0 Å². The number of aliphatic hydroxyl groups is 1. The van der Waals surface area contributed by atoms with Crippen LogP contribution >= 0.6 is 11.3 Å². The number of rotatable bonds is 2. The molecule has 0 bridgehead atoms. The molecule has 0 aliphatic carbocycles. The zero-order chi connectivity index (χ0) is 9.19. The van der Waals surface area contributed by atoms with Gasteiger partial charge >= 0.3 is 6.18 Å². The molecule has 1 rings (SSSR count). The van der Waals surface area contributed by atoms with Gasteiger partial charge < -0.3 is 5.11 Å². The van der Waals surface area contributed by atoms with Crippen LogP contribution in [0.5, 0.6) is 0 Å². The van der Waals surface area contributed by atoms with Gasteiger partial charge in [0.05, 0.1) is 0 Å². The lowest BCUT2D eigenvalue weighted by atomic mass is 10.2. The predicted octanol–water partition coefficient (Wildman–Crippen LogP) is 2.21. The summed E-state index contributed by atoms with van der Waals surface area (Å²) in [5, 5.41) is 10.3. The van der Waals surface area contributed by atoms with Crippen LogP contribution in [0.4, 0.5) is 13.2 Å². The van der Waals surface area contributed by atoms with Crippen molar-refractivity contribution in [2.45, 2.75) is 18.7 Å². The third kappa shape index (κ3) is 2.49. The molecule has 12 heavy (non-hydrogen) atoms. The van der Waals surface area contributed by atoms with E-state index in [-0.39, 0.29) is 6.42 Å². The minimum absolute atomic E-state index is 0.346. The van der Waals surface area contributed by atoms with Gasteiger partial charge in [-0.05, 0) is 11.4 Å². The zero-order valence-electron chi connectivity index (χ0n) is 6.01. The van der Waals surface area contributed by atoms with E-state index in [0.29, 0.717) is 4.88 Å². The second-order valence-corrected chi connectivity index (χ2v) is 3.37. The molecule has 1 unspecified atom stereocenters. The summed E-state index contributed by atoms with van der Waals surface area (Å²) in [7, 11) is 0. The average Bonchev–Trinajstić information content (AvgIpc) is 2.37. The van der Waals surface area contributed by atoms with Crippen molar-refractivity contribution in [1.82, 2.24) is 0 Å². The minimum atomic E-state index is -4.51. The second kappa shape index (κ2) is 3.45. The van der Waals surface area contributed by atoms with Crippen LogP contribution in [0.25, 0.3) is 0 Å². The predicted molar refractivity (Wildman–Crippen MR) is 40.1 cm³/mol. The number of aliphatic hydroxyl groups excluding tert-OH is 1. The van der Waals surface area contributed by atoms with Gasteiger partial charge in [0, 0.05) is 11.3 Å². The SMILES string of the molecule is OC(Cc1cccs1)C(F)(F)F. The molecule has 1 aromatic rings. The van der Waals surface area contributed by atoms with E-state index in [9.17, 15) is 13.2 Å². The van der Waals surface area contributed by atoms with Crippen LogP contribution in [0.2, 0.25) is 0 Å². The monoisotopic (exact) mass is 196 g/mol. The van der Waals surface area contributed by atoms with Crippen LogP contribution in [0, 0.1) is 0 Å². The Morgan fingerprint density at radius 2 is 2.17 bits per heavy atom. The van der Waals surface area contributed by atoms with Gasteiger partial charge in [0.1, 0.15) is 0 Å². The number of halogens is 3. The maximum atomic E-state index is 11.8. The highest BCUT2D eigenvalue weighted by Gasteiger charge is 2.38. The Bertz CT molecular complexity index is 229. The molecular formula is C7H7F3OS. The van der Waals surface area contributed by atoms with E-state index in [4.69, 9.17) is 5.11 Å². The highest BCUT2D eigenvalue weighted by atomic mass is 32.1. The van der Waals surface area contributed by atoms with Crippen LogP contribution in [0.1, 0.15) is 4.88 Å². The van der Waals surface area contributed by atoms with Crippen molar-refractivity contribution in [3.05, 3.63) is 22.4 Å². The Morgan fingerprint density at radius 1 is 1.50 bits per heavy atom. The summed E-state index contributed by atoms with van der Waals surface area (Å²) in [5.74, 6) is 0. The van der Waals surface area contributed by atoms with Crippen LogP contribution in [-0.4, -0.2) is 17.4 Å². The van der Waals surface area contributed by atoms with Gasteiger partial charge in [0.15, 0.2) is 6.10 Å². The van der Waals surface area contributed by atoms with Crippen molar-refractivity contribution >= 4 is 11.3 Å². The minimum Gasteiger partial charge on any atom is -0.383 e. The van der Waals surface area contributed by atoms with Gasteiger partial charge in [-0.15, -0.1) is 11.3 Å². The molecule has 1 N–H and O–H groups in total. The van der Waals surface area contributed by atoms with Crippen molar-refractivity contribution in [2.24, 2.45) is 0 Å². The summed E-state index contributed by atoms with van der Waals surface area (Å²) < 4.78 is 35.4. The van der Waals surface area contributed by atoms with E-state index < -0.39 is 12.3 Å². The lowest BCUT2D eigenvalue weighted by Crippen LogP contribution is -2.30. The summed E-state index contributed by atoms with van der Waals surface area (Å²) in [6, 6.07) is 3.22. The molecule has 1 aromatic heterocycles. The Labute approximate surface area is 71.5 Å².